The number of benzene rings is 1. The van der Waals surface area contributed by atoms with E-state index in [9.17, 15) is 14.4 Å². The lowest BCUT2D eigenvalue weighted by molar-refractivity contribution is -0.142. The lowest BCUT2D eigenvalue weighted by Gasteiger charge is -2.35. The van der Waals surface area contributed by atoms with Crippen LogP contribution < -0.4 is 10.6 Å². The number of rotatable bonds is 14. The van der Waals surface area contributed by atoms with Crippen molar-refractivity contribution in [2.45, 2.75) is 91.3 Å². The van der Waals surface area contributed by atoms with Crippen LogP contribution in [0.15, 0.2) is 24.3 Å². The predicted octanol–water partition coefficient (Wildman–Crippen LogP) is 5.23. The molecule has 2 atom stereocenters. The number of hydrogen-bond donors (Lipinski definition) is 2. The molecule has 7 nitrogen and oxygen atoms in total. The Balaban J connectivity index is 3.39. The number of hydrogen-bond acceptors (Lipinski definition) is 5. The molecule has 0 aliphatic rings. The number of ether oxygens (including phenoxy) is 1. The van der Waals surface area contributed by atoms with E-state index < -0.39 is 23.8 Å². The van der Waals surface area contributed by atoms with Crippen molar-refractivity contribution in [2.75, 3.05) is 25.1 Å². The van der Waals surface area contributed by atoms with Crippen LogP contribution in [0.3, 0.4) is 0 Å². The minimum atomic E-state index is -0.788. The van der Waals surface area contributed by atoms with Crippen molar-refractivity contribution < 1.29 is 19.1 Å². The molecule has 35 heavy (non-hydrogen) atoms. The second-order valence-electron chi connectivity index (χ2n) is 9.77. The highest BCUT2D eigenvalue weighted by molar-refractivity contribution is 7.98. The molecule has 0 fully saturated rings. The summed E-state index contributed by atoms with van der Waals surface area (Å²) in [5, 5.41) is 5.81. The number of carbonyl (C=O) groups excluding carboxylic acids is 3. The third-order valence-corrected chi connectivity index (χ3v) is 6.15. The molecule has 2 N–H and O–H groups in total. The molecule has 0 aliphatic heterocycles. The number of thioether (sulfide) groups is 1. The lowest BCUT2D eigenvalue weighted by Crippen LogP contribution is -2.53. The second-order valence-corrected chi connectivity index (χ2v) is 10.8. The van der Waals surface area contributed by atoms with Crippen molar-refractivity contribution in [1.82, 2.24) is 15.5 Å². The molecule has 2 unspecified atom stereocenters. The predicted molar refractivity (Wildman–Crippen MR) is 145 cm³/mol. The van der Waals surface area contributed by atoms with Crippen molar-refractivity contribution in [3.05, 3.63) is 35.4 Å². The van der Waals surface area contributed by atoms with Crippen LogP contribution in [0.4, 0.5) is 4.79 Å². The average molecular weight is 508 g/mol. The van der Waals surface area contributed by atoms with Crippen LogP contribution in [0.5, 0.6) is 0 Å². The summed E-state index contributed by atoms with van der Waals surface area (Å²) in [4.78, 5) is 41.7. The van der Waals surface area contributed by atoms with Gasteiger partial charge in [-0.1, -0.05) is 51.0 Å². The molecule has 0 heterocycles. The maximum Gasteiger partial charge on any atom is 0.408 e. The molecular weight excluding hydrogens is 462 g/mol. The van der Waals surface area contributed by atoms with Crippen LogP contribution in [0, 0.1) is 6.92 Å². The highest BCUT2D eigenvalue weighted by Gasteiger charge is 2.36. The minimum Gasteiger partial charge on any atom is -0.444 e. The fourth-order valence-corrected chi connectivity index (χ4v) is 4.14. The van der Waals surface area contributed by atoms with Crippen LogP contribution in [0.2, 0.25) is 0 Å². The maximum absolute atomic E-state index is 14.0. The molecule has 8 heteroatoms. The molecule has 0 spiro atoms. The molecule has 0 saturated carbocycles. The Morgan fingerprint density at radius 1 is 1.09 bits per heavy atom. The van der Waals surface area contributed by atoms with Gasteiger partial charge in [-0.3, -0.25) is 9.59 Å². The maximum atomic E-state index is 14.0. The first-order valence-corrected chi connectivity index (χ1v) is 14.1. The summed E-state index contributed by atoms with van der Waals surface area (Å²) in [6, 6.07) is 6.11. The number of nitrogens with one attached hydrogen (secondary N) is 2. The topological polar surface area (TPSA) is 87.7 Å². The van der Waals surface area contributed by atoms with Gasteiger partial charge in [-0.15, -0.1) is 0 Å². The lowest BCUT2D eigenvalue weighted by atomic mass is 9.97. The molecule has 0 radical (unpaired) electrons. The van der Waals surface area contributed by atoms with E-state index in [0.717, 1.165) is 36.8 Å². The van der Waals surface area contributed by atoms with Gasteiger partial charge < -0.3 is 20.3 Å². The van der Waals surface area contributed by atoms with Gasteiger partial charge in [0.2, 0.25) is 11.8 Å². The van der Waals surface area contributed by atoms with Crippen LogP contribution in [0.25, 0.3) is 0 Å². The molecular formula is C27H45N3O4S. The summed E-state index contributed by atoms with van der Waals surface area (Å²) in [5.41, 5.74) is 1.06. The van der Waals surface area contributed by atoms with E-state index in [0.29, 0.717) is 25.3 Å². The molecule has 3 amide bonds. The molecule has 198 valence electrons. The molecule has 0 bridgehead atoms. The van der Waals surface area contributed by atoms with Crippen molar-refractivity contribution >= 4 is 29.7 Å². The Hall–Kier alpha value is -2.22. The van der Waals surface area contributed by atoms with Crippen molar-refractivity contribution in [3.63, 3.8) is 0 Å². The quantitative estimate of drug-likeness (QED) is 0.337. The molecule has 0 aromatic heterocycles. The van der Waals surface area contributed by atoms with Gasteiger partial charge in [0, 0.05) is 13.1 Å². The standard InChI is InChI=1S/C27H45N3O4S/c1-8-10-17-28-24(31)23(21-15-13-12-14-20(21)3)30(18-11-9-2)25(32)22(16-19-35-7)29-26(33)34-27(4,5)6/h12-15,22-23H,8-11,16-19H2,1-7H3,(H,28,31)(H,29,33). The highest BCUT2D eigenvalue weighted by Crippen LogP contribution is 2.26. The third-order valence-electron chi connectivity index (χ3n) is 5.51. The number of amides is 3. The van der Waals surface area contributed by atoms with Gasteiger partial charge in [0.05, 0.1) is 0 Å². The zero-order valence-electron chi connectivity index (χ0n) is 22.6. The molecule has 0 saturated heterocycles. The van der Waals surface area contributed by atoms with Crippen molar-refractivity contribution in [1.29, 1.82) is 0 Å². The van der Waals surface area contributed by atoms with Gasteiger partial charge in [-0.25, -0.2) is 4.79 Å². The fraction of sp³-hybridized carbons (Fsp3) is 0.667. The first-order chi connectivity index (χ1) is 16.6. The van der Waals surface area contributed by atoms with Gasteiger partial charge in [-0.2, -0.15) is 11.8 Å². The molecule has 0 aliphatic carbocycles. The van der Waals surface area contributed by atoms with Crippen LogP contribution in [0.1, 0.15) is 83.9 Å². The monoisotopic (exact) mass is 507 g/mol. The van der Waals surface area contributed by atoms with E-state index in [-0.39, 0.29) is 11.8 Å². The fourth-order valence-electron chi connectivity index (χ4n) is 3.67. The molecule has 1 rings (SSSR count). The summed E-state index contributed by atoms with van der Waals surface area (Å²) in [7, 11) is 0. The smallest absolute Gasteiger partial charge is 0.408 e. The SMILES string of the molecule is CCCCNC(=O)C(c1ccccc1C)N(CCCC)C(=O)C(CCSC)NC(=O)OC(C)(C)C. The van der Waals surface area contributed by atoms with E-state index in [1.165, 1.54) is 0 Å². The van der Waals surface area contributed by atoms with Gasteiger partial charge in [0.25, 0.3) is 0 Å². The first kappa shape index (κ1) is 30.8. The van der Waals surface area contributed by atoms with Gasteiger partial charge in [0.1, 0.15) is 17.7 Å². The van der Waals surface area contributed by atoms with Crippen LogP contribution in [-0.2, 0) is 14.3 Å². The summed E-state index contributed by atoms with van der Waals surface area (Å²) in [6.45, 7) is 12.4. The zero-order valence-corrected chi connectivity index (χ0v) is 23.4. The van der Waals surface area contributed by atoms with E-state index in [2.05, 4.69) is 24.5 Å². The largest absolute Gasteiger partial charge is 0.444 e. The average Bonchev–Trinajstić information content (AvgIpc) is 2.78. The van der Waals surface area contributed by atoms with Crippen molar-refractivity contribution in [3.8, 4) is 0 Å². The first-order valence-electron chi connectivity index (χ1n) is 12.7. The van der Waals surface area contributed by atoms with Crippen LogP contribution >= 0.6 is 11.8 Å². The van der Waals surface area contributed by atoms with Gasteiger partial charge >= 0.3 is 6.09 Å². The summed E-state index contributed by atoms with van der Waals surface area (Å²) >= 11 is 1.60. The zero-order chi connectivity index (χ0) is 26.4. The number of alkyl carbamates (subject to hydrolysis) is 1. The minimum absolute atomic E-state index is 0.196. The highest BCUT2D eigenvalue weighted by atomic mass is 32.2. The number of aryl methyl sites for hydroxylation is 1. The molecule has 1 aromatic rings. The Morgan fingerprint density at radius 3 is 2.31 bits per heavy atom. The Bertz CT molecular complexity index is 810. The summed E-state index contributed by atoms with van der Waals surface area (Å²) < 4.78 is 5.43. The summed E-state index contributed by atoms with van der Waals surface area (Å²) in [5.74, 6) is 0.223. The molecule has 1 aromatic carbocycles. The van der Waals surface area contributed by atoms with E-state index in [4.69, 9.17) is 4.74 Å². The van der Waals surface area contributed by atoms with E-state index >= 15 is 0 Å². The van der Waals surface area contributed by atoms with E-state index in [1.807, 2.05) is 37.4 Å². The van der Waals surface area contributed by atoms with Gasteiger partial charge in [-0.05, 0) is 70.1 Å². The van der Waals surface area contributed by atoms with Crippen LogP contribution in [-0.4, -0.2) is 59.5 Å². The van der Waals surface area contributed by atoms with E-state index in [1.54, 1.807) is 37.4 Å². The van der Waals surface area contributed by atoms with Crippen molar-refractivity contribution in [2.24, 2.45) is 0 Å². The number of carbonyl (C=O) groups is 3. The summed E-state index contributed by atoms with van der Waals surface area (Å²) in [6.07, 6.45) is 5.22. The number of unbranched alkanes of at least 4 members (excludes halogenated alkanes) is 2. The Kier molecular flexibility index (Phi) is 13.8. The third kappa shape index (κ3) is 10.9. The normalized spacial score (nSPS) is 13.0. The number of nitrogens with zero attached hydrogens (tertiary/aromatic N) is 1. The second kappa shape index (κ2) is 15.7. The van der Waals surface area contributed by atoms with Gasteiger partial charge in [0.15, 0.2) is 0 Å². The Labute approximate surface area is 216 Å². The Morgan fingerprint density at radius 2 is 1.74 bits per heavy atom.